The molecule has 146 valence electrons. The number of nitrogens with zero attached hydrogens (tertiary/aromatic N) is 2. The Balaban J connectivity index is 1.57. The molecule has 0 saturated carbocycles. The molecule has 0 unspecified atom stereocenters. The van der Waals surface area contributed by atoms with Gasteiger partial charge in [0.25, 0.3) is 5.91 Å². The van der Waals surface area contributed by atoms with Gasteiger partial charge in [-0.3, -0.25) is 4.79 Å². The molecule has 3 aromatic rings. The number of carbonyl (C=O) groups excluding carboxylic acids is 1. The Morgan fingerprint density at radius 2 is 1.96 bits per heavy atom. The summed E-state index contributed by atoms with van der Waals surface area (Å²) in [7, 11) is 0. The minimum absolute atomic E-state index is 0.0346. The van der Waals surface area contributed by atoms with E-state index in [0.29, 0.717) is 31.6 Å². The predicted octanol–water partition coefficient (Wildman–Crippen LogP) is 4.74. The number of hydrogen-bond donors (Lipinski definition) is 1. The first-order chi connectivity index (χ1) is 13.3. The second-order valence-electron chi connectivity index (χ2n) is 6.92. The number of piperidine rings is 1. The Hall–Kier alpha value is -2.90. The van der Waals surface area contributed by atoms with Crippen molar-refractivity contribution in [1.82, 2.24) is 14.9 Å². The predicted molar refractivity (Wildman–Crippen MR) is 95.4 cm³/mol. The third kappa shape index (κ3) is 3.46. The lowest BCUT2D eigenvalue weighted by atomic mass is 9.96. The van der Waals surface area contributed by atoms with Gasteiger partial charge in [0, 0.05) is 24.6 Å². The van der Waals surface area contributed by atoms with Gasteiger partial charge in [-0.1, -0.05) is 12.1 Å². The van der Waals surface area contributed by atoms with Crippen LogP contribution in [-0.2, 0) is 6.18 Å². The molecule has 2 heterocycles. The number of nitrogens with one attached hydrogen (secondary N) is 1. The van der Waals surface area contributed by atoms with Crippen molar-refractivity contribution in [3.63, 3.8) is 0 Å². The maximum atomic E-state index is 13.5. The van der Waals surface area contributed by atoms with Gasteiger partial charge in [0.2, 0.25) is 0 Å². The van der Waals surface area contributed by atoms with E-state index in [9.17, 15) is 22.4 Å². The molecule has 0 spiro atoms. The van der Waals surface area contributed by atoms with Crippen LogP contribution in [0.4, 0.5) is 17.6 Å². The summed E-state index contributed by atoms with van der Waals surface area (Å²) in [6.45, 7) is 0.783. The summed E-state index contributed by atoms with van der Waals surface area (Å²) >= 11 is 0. The molecule has 0 radical (unpaired) electrons. The maximum Gasteiger partial charge on any atom is 0.419 e. The molecule has 1 aliphatic rings. The van der Waals surface area contributed by atoms with E-state index in [1.165, 1.54) is 4.90 Å². The zero-order valence-corrected chi connectivity index (χ0v) is 14.8. The number of para-hydroxylation sites is 2. The molecule has 28 heavy (non-hydrogen) atoms. The molecule has 8 heteroatoms. The van der Waals surface area contributed by atoms with E-state index >= 15 is 0 Å². The topological polar surface area (TPSA) is 49.0 Å². The van der Waals surface area contributed by atoms with Crippen LogP contribution in [0.1, 0.15) is 40.5 Å². The van der Waals surface area contributed by atoms with Crippen molar-refractivity contribution in [3.8, 4) is 0 Å². The van der Waals surface area contributed by atoms with Crippen LogP contribution < -0.4 is 0 Å². The van der Waals surface area contributed by atoms with Gasteiger partial charge < -0.3 is 9.88 Å². The molecule has 0 bridgehead atoms. The SMILES string of the molecule is O=C(c1ccc(F)c(C(F)(F)F)c1)N1CCC[C@@H](c2nc3ccccc3[nH]2)C1. The largest absolute Gasteiger partial charge is 0.419 e. The van der Waals surface area contributed by atoms with Crippen LogP contribution in [0.5, 0.6) is 0 Å². The number of amides is 1. The van der Waals surface area contributed by atoms with Crippen LogP contribution in [0.3, 0.4) is 0 Å². The highest BCUT2D eigenvalue weighted by Crippen LogP contribution is 2.33. The molecule has 1 amide bonds. The van der Waals surface area contributed by atoms with Gasteiger partial charge in [-0.2, -0.15) is 13.2 Å². The number of aromatic nitrogens is 2. The van der Waals surface area contributed by atoms with Crippen LogP contribution >= 0.6 is 0 Å². The third-order valence-corrected chi connectivity index (χ3v) is 5.02. The van der Waals surface area contributed by atoms with E-state index < -0.39 is 23.5 Å². The summed E-state index contributed by atoms with van der Waals surface area (Å²) in [6, 6.07) is 9.95. The first-order valence-corrected chi connectivity index (χ1v) is 8.93. The average Bonchev–Trinajstić information content (AvgIpc) is 3.11. The van der Waals surface area contributed by atoms with Crippen LogP contribution in [0, 0.1) is 5.82 Å². The standard InChI is InChI=1S/C20H17F4N3O/c21-15-8-7-12(10-14(15)20(22,23)24)19(28)27-9-3-4-13(11-27)18-25-16-5-1-2-6-17(16)26-18/h1-2,5-8,10,13H,3-4,9,11H2,(H,25,26)/t13-/m1/s1. The Labute approximate surface area is 158 Å². The normalized spacial score (nSPS) is 17.9. The first-order valence-electron chi connectivity index (χ1n) is 8.93. The van der Waals surface area contributed by atoms with Gasteiger partial charge in [0.15, 0.2) is 0 Å². The smallest absolute Gasteiger partial charge is 0.342 e. The van der Waals surface area contributed by atoms with Crippen molar-refractivity contribution in [1.29, 1.82) is 0 Å². The molecule has 4 rings (SSSR count). The lowest BCUT2D eigenvalue weighted by molar-refractivity contribution is -0.140. The highest BCUT2D eigenvalue weighted by Gasteiger charge is 2.35. The minimum atomic E-state index is -4.85. The molecule has 1 N–H and O–H groups in total. The highest BCUT2D eigenvalue weighted by molar-refractivity contribution is 5.94. The lowest BCUT2D eigenvalue weighted by Gasteiger charge is -2.32. The summed E-state index contributed by atoms with van der Waals surface area (Å²) in [5.74, 6) is -1.20. The third-order valence-electron chi connectivity index (χ3n) is 5.02. The second kappa shape index (κ2) is 6.92. The highest BCUT2D eigenvalue weighted by atomic mass is 19.4. The molecule has 2 aromatic carbocycles. The average molecular weight is 391 g/mol. The van der Waals surface area contributed by atoms with Gasteiger partial charge in [-0.15, -0.1) is 0 Å². The first kappa shape index (κ1) is 18.5. The number of fused-ring (bicyclic) bond motifs is 1. The molecule has 1 atom stereocenters. The number of halogens is 4. The van der Waals surface area contributed by atoms with Crippen LogP contribution in [0.25, 0.3) is 11.0 Å². The molecular formula is C20H17F4N3O. The Bertz CT molecular complexity index is 995. The van der Waals surface area contributed by atoms with Gasteiger partial charge in [0.05, 0.1) is 16.6 Å². The fourth-order valence-electron chi connectivity index (χ4n) is 3.61. The number of hydrogen-bond acceptors (Lipinski definition) is 2. The summed E-state index contributed by atoms with van der Waals surface area (Å²) in [5.41, 5.74) is 0.131. The number of alkyl halides is 3. The van der Waals surface area contributed by atoms with Crippen molar-refractivity contribution in [2.75, 3.05) is 13.1 Å². The monoisotopic (exact) mass is 391 g/mol. The van der Waals surface area contributed by atoms with Gasteiger partial charge in [-0.05, 0) is 43.2 Å². The number of H-pyrrole nitrogens is 1. The van der Waals surface area contributed by atoms with E-state index in [1.54, 1.807) is 0 Å². The fourth-order valence-corrected chi connectivity index (χ4v) is 3.61. The molecular weight excluding hydrogens is 374 g/mol. The van der Waals surface area contributed by atoms with Gasteiger partial charge in [-0.25, -0.2) is 9.37 Å². The Morgan fingerprint density at radius 3 is 2.71 bits per heavy atom. The number of rotatable bonds is 2. The number of aromatic amines is 1. The van der Waals surface area contributed by atoms with E-state index in [2.05, 4.69) is 9.97 Å². The maximum absolute atomic E-state index is 13.5. The molecule has 0 aliphatic carbocycles. The zero-order chi connectivity index (χ0) is 19.9. The van der Waals surface area contributed by atoms with E-state index in [1.807, 2.05) is 24.3 Å². The lowest BCUT2D eigenvalue weighted by Crippen LogP contribution is -2.39. The zero-order valence-electron chi connectivity index (χ0n) is 14.8. The van der Waals surface area contributed by atoms with Crippen molar-refractivity contribution >= 4 is 16.9 Å². The summed E-state index contributed by atoms with van der Waals surface area (Å²) in [6.07, 6.45) is -3.32. The molecule has 1 fully saturated rings. The minimum Gasteiger partial charge on any atom is -0.342 e. The number of likely N-dealkylation sites (tertiary alicyclic amines) is 1. The molecule has 1 aromatic heterocycles. The van der Waals surface area contributed by atoms with Gasteiger partial charge in [0.1, 0.15) is 11.6 Å². The van der Waals surface area contributed by atoms with Crippen molar-refractivity contribution < 1.29 is 22.4 Å². The van der Waals surface area contributed by atoms with Crippen molar-refractivity contribution in [3.05, 3.63) is 65.2 Å². The van der Waals surface area contributed by atoms with Crippen molar-refractivity contribution in [2.45, 2.75) is 24.9 Å². The van der Waals surface area contributed by atoms with Crippen LogP contribution in [0.15, 0.2) is 42.5 Å². The van der Waals surface area contributed by atoms with Crippen LogP contribution in [0.2, 0.25) is 0 Å². The molecule has 4 nitrogen and oxygen atoms in total. The Kier molecular flexibility index (Phi) is 4.56. The number of imidazole rings is 1. The van der Waals surface area contributed by atoms with Gasteiger partial charge >= 0.3 is 6.18 Å². The van der Waals surface area contributed by atoms with Crippen molar-refractivity contribution in [2.24, 2.45) is 0 Å². The summed E-state index contributed by atoms with van der Waals surface area (Å²) in [4.78, 5) is 22.1. The molecule has 1 aliphatic heterocycles. The quantitative estimate of drug-likeness (QED) is 0.642. The van der Waals surface area contributed by atoms with E-state index in [4.69, 9.17) is 0 Å². The Morgan fingerprint density at radius 1 is 1.18 bits per heavy atom. The molecule has 1 saturated heterocycles. The number of carbonyl (C=O) groups is 1. The van der Waals surface area contributed by atoms with E-state index in [0.717, 1.165) is 29.3 Å². The fraction of sp³-hybridized carbons (Fsp3) is 0.300. The summed E-state index contributed by atoms with van der Waals surface area (Å²) in [5, 5.41) is 0. The summed E-state index contributed by atoms with van der Waals surface area (Å²) < 4.78 is 52.3. The second-order valence-corrected chi connectivity index (χ2v) is 6.92. The van der Waals surface area contributed by atoms with E-state index in [-0.39, 0.29) is 11.5 Å². The number of benzene rings is 2. The van der Waals surface area contributed by atoms with Crippen LogP contribution in [-0.4, -0.2) is 33.9 Å².